The van der Waals surface area contributed by atoms with E-state index in [1.165, 1.54) is 0 Å². The van der Waals surface area contributed by atoms with Gasteiger partial charge in [-0.25, -0.2) is 0 Å². The molecule has 2 aliphatic carbocycles. The summed E-state index contributed by atoms with van der Waals surface area (Å²) in [6, 6.07) is 0. The molecule has 0 amide bonds. The number of quaternary nitrogens is 2. The van der Waals surface area contributed by atoms with Crippen LogP contribution >= 0.6 is 0 Å². The number of carbonyl (C=O) groups is 1. The fraction of sp³-hybridized carbons (Fsp3) is 0.955. The van der Waals surface area contributed by atoms with Gasteiger partial charge in [0.25, 0.3) is 0 Å². The normalized spacial score (nSPS) is 45.5. The van der Waals surface area contributed by atoms with Crippen LogP contribution in [0.4, 0.5) is 0 Å². The summed E-state index contributed by atoms with van der Waals surface area (Å²) >= 11 is 0. The molecule has 0 aromatic rings. The van der Waals surface area contributed by atoms with Crippen LogP contribution in [0.25, 0.3) is 0 Å². The molecule has 2 saturated heterocycles. The standard InChI is InChI=1S/C22H38N2O5/c1-20-5-4-6-21(2,27-3)22(20,26)13-16-17(19(25)29-18(16)14-20)15-23-7-8-24-9-11-28-12-10-24/h16-18,23,26H,4-15H2,1-3H3/p+2/t16-,17-,18-,20-,21-,22-/m1/s1. The van der Waals surface area contributed by atoms with Gasteiger partial charge in [-0.2, -0.15) is 0 Å². The predicted octanol–water partition coefficient (Wildman–Crippen LogP) is -1.26. The number of carbonyl (C=O) groups excluding carboxylic acids is 1. The Morgan fingerprint density at radius 3 is 2.72 bits per heavy atom. The third kappa shape index (κ3) is 3.63. The van der Waals surface area contributed by atoms with Crippen LogP contribution < -0.4 is 10.2 Å². The number of ether oxygens (including phenoxy) is 3. The minimum Gasteiger partial charge on any atom is -0.462 e. The molecule has 2 aliphatic heterocycles. The van der Waals surface area contributed by atoms with Crippen LogP contribution in [0, 0.1) is 17.3 Å². The number of hydrogen-bond donors (Lipinski definition) is 3. The van der Waals surface area contributed by atoms with Crippen LogP contribution in [-0.4, -0.2) is 81.4 Å². The molecule has 0 radical (unpaired) electrons. The van der Waals surface area contributed by atoms with Gasteiger partial charge in [-0.3, -0.25) is 4.79 Å². The highest BCUT2D eigenvalue weighted by Gasteiger charge is 2.67. The zero-order chi connectivity index (χ0) is 20.7. The van der Waals surface area contributed by atoms with Crippen LogP contribution in [-0.2, 0) is 19.0 Å². The van der Waals surface area contributed by atoms with Crippen molar-refractivity contribution in [3.8, 4) is 0 Å². The Balaban J connectivity index is 1.40. The molecule has 0 unspecified atom stereocenters. The molecule has 166 valence electrons. The smallest absolute Gasteiger partial charge is 0.315 e. The fourth-order valence-corrected chi connectivity index (χ4v) is 6.67. The summed E-state index contributed by atoms with van der Waals surface area (Å²) in [6.07, 6.45) is 4.14. The van der Waals surface area contributed by atoms with Crippen molar-refractivity contribution in [2.24, 2.45) is 17.3 Å². The number of rotatable bonds is 6. The van der Waals surface area contributed by atoms with E-state index in [0.717, 1.165) is 71.6 Å². The van der Waals surface area contributed by atoms with Gasteiger partial charge in [-0.05, 0) is 39.0 Å². The van der Waals surface area contributed by atoms with Gasteiger partial charge in [-0.1, -0.05) is 6.92 Å². The van der Waals surface area contributed by atoms with E-state index in [1.54, 1.807) is 12.0 Å². The van der Waals surface area contributed by atoms with Gasteiger partial charge >= 0.3 is 5.97 Å². The van der Waals surface area contributed by atoms with Crippen molar-refractivity contribution in [1.82, 2.24) is 0 Å². The average Bonchev–Trinajstić information content (AvgIpc) is 2.99. The molecule has 7 heteroatoms. The molecule has 2 heterocycles. The van der Waals surface area contributed by atoms with Gasteiger partial charge < -0.3 is 29.5 Å². The van der Waals surface area contributed by atoms with Crippen LogP contribution in [0.1, 0.15) is 46.0 Å². The molecule has 4 aliphatic rings. The fourth-order valence-electron chi connectivity index (χ4n) is 6.67. The molecule has 0 aromatic heterocycles. The SMILES string of the molecule is CO[C@]1(C)CCC[C@]2(C)C[C@H]3OC(=O)[C@H](C[NH2+]CC[NH+]4CCOCC4)[C@H]3C[C@@]21O. The van der Waals surface area contributed by atoms with Gasteiger partial charge in [0.1, 0.15) is 38.2 Å². The van der Waals surface area contributed by atoms with E-state index in [1.807, 2.05) is 0 Å². The lowest BCUT2D eigenvalue weighted by atomic mass is 9.49. The second-order valence-electron chi connectivity index (χ2n) is 10.3. The first kappa shape index (κ1) is 21.5. The number of methoxy groups -OCH3 is 1. The van der Waals surface area contributed by atoms with Gasteiger partial charge in [-0.15, -0.1) is 0 Å². The Labute approximate surface area is 174 Å². The second kappa shape index (κ2) is 8.08. The highest BCUT2D eigenvalue weighted by Crippen LogP contribution is 2.61. The zero-order valence-electron chi connectivity index (χ0n) is 18.4. The summed E-state index contributed by atoms with van der Waals surface area (Å²) in [5.41, 5.74) is -1.75. The Kier molecular flexibility index (Phi) is 5.99. The predicted molar refractivity (Wildman–Crippen MR) is 106 cm³/mol. The van der Waals surface area contributed by atoms with E-state index in [-0.39, 0.29) is 29.3 Å². The van der Waals surface area contributed by atoms with Crippen molar-refractivity contribution < 1.29 is 34.3 Å². The molecule has 7 nitrogen and oxygen atoms in total. The first-order valence-corrected chi connectivity index (χ1v) is 11.5. The van der Waals surface area contributed by atoms with E-state index < -0.39 is 11.2 Å². The van der Waals surface area contributed by atoms with Crippen molar-refractivity contribution in [2.45, 2.75) is 63.3 Å². The Bertz CT molecular complexity index is 612. The van der Waals surface area contributed by atoms with Crippen LogP contribution in [0.3, 0.4) is 0 Å². The number of morpholine rings is 1. The highest BCUT2D eigenvalue weighted by atomic mass is 16.6. The molecule has 0 spiro atoms. The number of aliphatic hydroxyl groups is 1. The summed E-state index contributed by atoms with van der Waals surface area (Å²) in [7, 11) is 1.71. The Hall–Kier alpha value is -0.730. The van der Waals surface area contributed by atoms with Gasteiger partial charge in [0.05, 0.1) is 31.0 Å². The molecule has 0 bridgehead atoms. The summed E-state index contributed by atoms with van der Waals surface area (Å²) in [4.78, 5) is 14.3. The monoisotopic (exact) mass is 412 g/mol. The summed E-state index contributed by atoms with van der Waals surface area (Å²) < 4.78 is 17.2. The highest BCUT2D eigenvalue weighted by molar-refractivity contribution is 5.75. The summed E-state index contributed by atoms with van der Waals surface area (Å²) in [5, 5.41) is 14.2. The van der Waals surface area contributed by atoms with Gasteiger partial charge in [0.2, 0.25) is 0 Å². The number of hydrogen-bond acceptors (Lipinski definition) is 5. The Morgan fingerprint density at radius 1 is 1.24 bits per heavy atom. The number of esters is 1. The third-order valence-corrected chi connectivity index (χ3v) is 8.78. The summed E-state index contributed by atoms with van der Waals surface area (Å²) in [5.74, 6) is -0.114. The largest absolute Gasteiger partial charge is 0.462 e. The lowest BCUT2D eigenvalue weighted by molar-refractivity contribution is -0.919. The summed E-state index contributed by atoms with van der Waals surface area (Å²) in [6.45, 7) is 10.9. The van der Waals surface area contributed by atoms with E-state index in [0.29, 0.717) is 6.42 Å². The molecule has 4 rings (SSSR count). The lowest BCUT2D eigenvalue weighted by Gasteiger charge is -2.61. The number of nitrogens with one attached hydrogen (secondary N) is 1. The third-order valence-electron chi connectivity index (χ3n) is 8.78. The maximum Gasteiger partial charge on any atom is 0.315 e. The first-order valence-electron chi connectivity index (χ1n) is 11.5. The molecular weight excluding hydrogens is 372 g/mol. The van der Waals surface area contributed by atoms with Crippen molar-refractivity contribution in [3.05, 3.63) is 0 Å². The molecule has 6 atom stereocenters. The van der Waals surface area contributed by atoms with E-state index in [9.17, 15) is 9.90 Å². The Morgan fingerprint density at radius 2 is 2.00 bits per heavy atom. The topological polar surface area (TPSA) is 86.0 Å². The van der Waals surface area contributed by atoms with Crippen molar-refractivity contribution in [1.29, 1.82) is 0 Å². The van der Waals surface area contributed by atoms with E-state index >= 15 is 0 Å². The molecule has 29 heavy (non-hydrogen) atoms. The van der Waals surface area contributed by atoms with Gasteiger partial charge in [0, 0.05) is 18.4 Å². The molecule has 4 fully saturated rings. The maximum absolute atomic E-state index is 12.7. The zero-order valence-corrected chi connectivity index (χ0v) is 18.4. The van der Waals surface area contributed by atoms with Gasteiger partial charge in [0.15, 0.2) is 0 Å². The van der Waals surface area contributed by atoms with Crippen LogP contribution in [0.15, 0.2) is 0 Å². The quantitative estimate of drug-likeness (QED) is 0.375. The molecule has 4 N–H and O–H groups in total. The average molecular weight is 413 g/mol. The molecule has 0 aromatic carbocycles. The number of fused-ring (bicyclic) bond motifs is 2. The van der Waals surface area contributed by atoms with E-state index in [4.69, 9.17) is 14.2 Å². The maximum atomic E-state index is 12.7. The first-order chi connectivity index (χ1) is 13.8. The van der Waals surface area contributed by atoms with Crippen LogP contribution in [0.2, 0.25) is 0 Å². The van der Waals surface area contributed by atoms with E-state index in [2.05, 4.69) is 19.2 Å². The van der Waals surface area contributed by atoms with Crippen molar-refractivity contribution in [3.63, 3.8) is 0 Å². The van der Waals surface area contributed by atoms with Crippen molar-refractivity contribution in [2.75, 3.05) is 53.0 Å². The lowest BCUT2D eigenvalue weighted by Crippen LogP contribution is -3.16. The molecular formula is C22H40N2O5+2. The van der Waals surface area contributed by atoms with Crippen molar-refractivity contribution >= 4 is 5.97 Å². The van der Waals surface area contributed by atoms with Crippen LogP contribution in [0.5, 0.6) is 0 Å². The molecule has 2 saturated carbocycles. The second-order valence-corrected chi connectivity index (χ2v) is 10.3. The number of nitrogens with two attached hydrogens (primary N) is 1. The minimum atomic E-state index is -0.918. The minimum absolute atomic E-state index is 0.0600.